The van der Waals surface area contributed by atoms with Crippen molar-refractivity contribution in [2.75, 3.05) is 0 Å². The zero-order valence-corrected chi connectivity index (χ0v) is 10.5. The van der Waals surface area contributed by atoms with E-state index < -0.39 is 0 Å². The predicted octanol–water partition coefficient (Wildman–Crippen LogP) is 2.70. The van der Waals surface area contributed by atoms with Crippen LogP contribution in [0.25, 0.3) is 11.0 Å². The lowest BCUT2D eigenvalue weighted by Crippen LogP contribution is -2.16. The number of aromatic nitrogens is 4. The third-order valence-corrected chi connectivity index (χ3v) is 2.49. The van der Waals surface area contributed by atoms with Crippen molar-refractivity contribution < 1.29 is 0 Å². The topological polar surface area (TPSA) is 43.6 Å². The maximum absolute atomic E-state index is 4.62. The molecule has 0 atom stereocenters. The average Bonchev–Trinajstić information content (AvgIpc) is 2.58. The van der Waals surface area contributed by atoms with Crippen molar-refractivity contribution in [3.8, 4) is 0 Å². The Morgan fingerprint density at radius 1 is 1.19 bits per heavy atom. The van der Waals surface area contributed by atoms with E-state index >= 15 is 0 Å². The van der Waals surface area contributed by atoms with Gasteiger partial charge >= 0.3 is 0 Å². The third kappa shape index (κ3) is 1.79. The van der Waals surface area contributed by atoms with Crippen molar-refractivity contribution in [2.45, 2.75) is 46.1 Å². The highest BCUT2D eigenvalue weighted by Gasteiger charge is 2.19. The number of nitrogens with zero attached hydrogens (tertiary/aromatic N) is 4. The van der Waals surface area contributed by atoms with Crippen LogP contribution >= 0.6 is 0 Å². The fourth-order valence-electron chi connectivity index (χ4n) is 1.58. The molecule has 0 radical (unpaired) electrons. The summed E-state index contributed by atoms with van der Waals surface area (Å²) in [5.74, 6) is 0.863. The normalized spacial score (nSPS) is 12.6. The molecule has 0 aliphatic carbocycles. The molecule has 4 heteroatoms. The Labute approximate surface area is 95.7 Å². The monoisotopic (exact) mass is 218 g/mol. The number of fused-ring (bicyclic) bond motifs is 1. The van der Waals surface area contributed by atoms with Crippen molar-refractivity contribution in [3.05, 3.63) is 18.2 Å². The van der Waals surface area contributed by atoms with E-state index in [2.05, 4.69) is 49.7 Å². The van der Waals surface area contributed by atoms with Crippen molar-refractivity contribution in [1.29, 1.82) is 0 Å². The highest BCUT2D eigenvalue weighted by Crippen LogP contribution is 2.21. The molecule has 0 N–H and O–H groups in total. The fourth-order valence-corrected chi connectivity index (χ4v) is 1.58. The smallest absolute Gasteiger partial charge is 0.161 e. The fraction of sp³-hybridized carbons (Fsp3) is 0.583. The zero-order chi connectivity index (χ0) is 11.9. The van der Waals surface area contributed by atoms with Gasteiger partial charge in [-0.05, 0) is 13.8 Å². The van der Waals surface area contributed by atoms with Gasteiger partial charge in [-0.15, -0.1) is 0 Å². The molecule has 2 aromatic rings. The minimum Gasteiger partial charge on any atom is -0.245 e. The molecular weight excluding hydrogens is 200 g/mol. The lowest BCUT2D eigenvalue weighted by Gasteiger charge is -2.16. The molecule has 0 saturated carbocycles. The van der Waals surface area contributed by atoms with Crippen molar-refractivity contribution in [1.82, 2.24) is 19.7 Å². The van der Waals surface area contributed by atoms with Crippen LogP contribution in [0.5, 0.6) is 0 Å². The molecular formula is C12H18N4. The van der Waals surface area contributed by atoms with E-state index in [0.717, 1.165) is 16.9 Å². The third-order valence-electron chi connectivity index (χ3n) is 2.49. The van der Waals surface area contributed by atoms with Crippen LogP contribution in [0, 0.1) is 0 Å². The van der Waals surface area contributed by atoms with Crippen LogP contribution in [0.3, 0.4) is 0 Å². The quantitative estimate of drug-likeness (QED) is 0.739. The van der Waals surface area contributed by atoms with E-state index in [1.54, 1.807) is 0 Å². The molecule has 0 aromatic carbocycles. The number of rotatable bonds is 1. The van der Waals surface area contributed by atoms with Gasteiger partial charge in [-0.2, -0.15) is 5.10 Å². The van der Waals surface area contributed by atoms with Gasteiger partial charge in [-0.1, -0.05) is 20.8 Å². The molecule has 0 aliphatic heterocycles. The van der Waals surface area contributed by atoms with Crippen LogP contribution in [0.2, 0.25) is 0 Å². The van der Waals surface area contributed by atoms with Gasteiger partial charge in [-0.25, -0.2) is 14.6 Å². The summed E-state index contributed by atoms with van der Waals surface area (Å²) in [6.07, 6.45) is 3.68. The standard InChI is InChI=1S/C12H18N4/c1-8(2)16-10-9(7-14-16)6-13-11(15-10)12(3,4)5/h6-8H,1-5H3. The van der Waals surface area contributed by atoms with E-state index in [4.69, 9.17) is 0 Å². The van der Waals surface area contributed by atoms with Crippen LogP contribution in [0.1, 0.15) is 46.5 Å². The lowest BCUT2D eigenvalue weighted by atomic mass is 9.96. The highest BCUT2D eigenvalue weighted by atomic mass is 15.3. The summed E-state index contributed by atoms with van der Waals surface area (Å²) in [6.45, 7) is 10.6. The minimum atomic E-state index is -0.0275. The van der Waals surface area contributed by atoms with E-state index in [1.165, 1.54) is 0 Å². The maximum atomic E-state index is 4.62. The van der Waals surface area contributed by atoms with Crippen LogP contribution in [0.15, 0.2) is 12.4 Å². The Morgan fingerprint density at radius 3 is 2.44 bits per heavy atom. The summed E-state index contributed by atoms with van der Waals surface area (Å²) >= 11 is 0. The Hall–Kier alpha value is -1.45. The Bertz CT molecular complexity index is 505. The van der Waals surface area contributed by atoms with E-state index in [9.17, 15) is 0 Å². The van der Waals surface area contributed by atoms with Gasteiger partial charge in [0.05, 0.1) is 11.6 Å². The molecule has 4 nitrogen and oxygen atoms in total. The minimum absolute atomic E-state index is 0.0275. The van der Waals surface area contributed by atoms with Gasteiger partial charge in [-0.3, -0.25) is 0 Å². The maximum Gasteiger partial charge on any atom is 0.161 e. The first-order chi connectivity index (χ1) is 7.39. The van der Waals surface area contributed by atoms with Gasteiger partial charge in [0.2, 0.25) is 0 Å². The van der Waals surface area contributed by atoms with Crippen LogP contribution in [-0.4, -0.2) is 19.7 Å². The molecule has 2 heterocycles. The van der Waals surface area contributed by atoms with Crippen LogP contribution < -0.4 is 0 Å². The van der Waals surface area contributed by atoms with Crippen LogP contribution in [0.4, 0.5) is 0 Å². The molecule has 16 heavy (non-hydrogen) atoms. The van der Waals surface area contributed by atoms with Crippen LogP contribution in [-0.2, 0) is 5.41 Å². The highest BCUT2D eigenvalue weighted by molar-refractivity contribution is 5.73. The number of hydrogen-bond donors (Lipinski definition) is 0. The van der Waals surface area contributed by atoms with Gasteiger partial charge in [0.1, 0.15) is 5.82 Å². The second-order valence-corrected chi connectivity index (χ2v) is 5.41. The molecule has 0 unspecified atom stereocenters. The summed E-state index contributed by atoms with van der Waals surface area (Å²) in [7, 11) is 0. The Morgan fingerprint density at radius 2 is 1.88 bits per heavy atom. The SMILES string of the molecule is CC(C)n1ncc2cnc(C(C)(C)C)nc21. The lowest BCUT2D eigenvalue weighted by molar-refractivity contribution is 0.528. The second kappa shape index (κ2) is 3.54. The van der Waals surface area contributed by atoms with Gasteiger partial charge < -0.3 is 0 Å². The van der Waals surface area contributed by atoms with E-state index in [0.29, 0.717) is 6.04 Å². The average molecular weight is 218 g/mol. The first-order valence-corrected chi connectivity index (χ1v) is 5.60. The summed E-state index contributed by atoms with van der Waals surface area (Å²) in [5.41, 5.74) is 0.898. The zero-order valence-electron chi connectivity index (χ0n) is 10.5. The summed E-state index contributed by atoms with van der Waals surface area (Å²) in [4.78, 5) is 9.00. The van der Waals surface area contributed by atoms with E-state index in [1.807, 2.05) is 17.1 Å². The molecule has 0 fully saturated rings. The van der Waals surface area contributed by atoms with E-state index in [-0.39, 0.29) is 5.41 Å². The molecule has 0 aliphatic rings. The van der Waals surface area contributed by atoms with Gasteiger partial charge in [0.15, 0.2) is 5.65 Å². The van der Waals surface area contributed by atoms with Gasteiger partial charge in [0.25, 0.3) is 0 Å². The first-order valence-electron chi connectivity index (χ1n) is 5.60. The number of hydrogen-bond acceptors (Lipinski definition) is 3. The molecule has 0 amide bonds. The Kier molecular flexibility index (Phi) is 2.45. The summed E-state index contributed by atoms with van der Waals surface area (Å²) in [5, 5.41) is 5.33. The van der Waals surface area contributed by atoms with Crippen molar-refractivity contribution in [3.63, 3.8) is 0 Å². The Balaban J connectivity index is 2.63. The largest absolute Gasteiger partial charge is 0.245 e. The van der Waals surface area contributed by atoms with Crippen molar-refractivity contribution in [2.24, 2.45) is 0 Å². The predicted molar refractivity (Wildman–Crippen MR) is 64.4 cm³/mol. The molecule has 0 saturated heterocycles. The van der Waals surface area contributed by atoms with Gasteiger partial charge in [0, 0.05) is 17.7 Å². The summed E-state index contributed by atoms with van der Waals surface area (Å²) in [6, 6.07) is 0.320. The molecule has 2 aromatic heterocycles. The molecule has 0 bridgehead atoms. The van der Waals surface area contributed by atoms with Crippen molar-refractivity contribution >= 4 is 11.0 Å². The molecule has 2 rings (SSSR count). The molecule has 86 valence electrons. The molecule has 0 spiro atoms. The second-order valence-electron chi connectivity index (χ2n) is 5.41. The summed E-state index contributed by atoms with van der Waals surface area (Å²) < 4.78 is 1.94. The first kappa shape index (κ1) is 11.0.